The van der Waals surface area contributed by atoms with E-state index in [-0.39, 0.29) is 0 Å². The Balaban J connectivity index is 2.47. The molecular weight excluding hydrogens is 220 g/mol. The summed E-state index contributed by atoms with van der Waals surface area (Å²) in [6.45, 7) is 7.63. The topological polar surface area (TPSA) is 24.9 Å². The molecule has 2 heteroatoms. The average Bonchev–Trinajstić information content (AvgIpc) is 2.38. The van der Waals surface area contributed by atoms with Gasteiger partial charge in [0.2, 0.25) is 0 Å². The molecular formula is C16H28N2. The van der Waals surface area contributed by atoms with Crippen molar-refractivity contribution < 1.29 is 0 Å². The fourth-order valence-electron chi connectivity index (χ4n) is 2.44. The Hall–Kier alpha value is -0.890. The molecule has 0 saturated heterocycles. The number of hydrogen-bond acceptors (Lipinski definition) is 2. The number of unbranched alkanes of at least 4 members (excludes halogenated alkanes) is 4. The fraction of sp³-hybridized carbons (Fsp3) is 0.688. The van der Waals surface area contributed by atoms with E-state index in [4.69, 9.17) is 0 Å². The summed E-state index contributed by atoms with van der Waals surface area (Å²) in [5.74, 6) is 0. The van der Waals surface area contributed by atoms with Crippen molar-refractivity contribution in [3.8, 4) is 0 Å². The first-order valence-electron chi connectivity index (χ1n) is 7.43. The summed E-state index contributed by atoms with van der Waals surface area (Å²) in [5.41, 5.74) is 2.72. The molecule has 1 rings (SSSR count). The van der Waals surface area contributed by atoms with Gasteiger partial charge in [0.1, 0.15) is 0 Å². The molecule has 1 unspecified atom stereocenters. The van der Waals surface area contributed by atoms with Gasteiger partial charge >= 0.3 is 0 Å². The van der Waals surface area contributed by atoms with Crippen LogP contribution in [0.15, 0.2) is 18.5 Å². The minimum Gasteiger partial charge on any atom is -0.310 e. The van der Waals surface area contributed by atoms with E-state index in [1.165, 1.54) is 49.7 Å². The van der Waals surface area contributed by atoms with Gasteiger partial charge in [0.15, 0.2) is 0 Å². The number of nitrogens with one attached hydrogen (secondary N) is 1. The molecule has 0 aromatic carbocycles. The SMILES string of the molecule is CCCCCCCC(NCC)c1ccncc1C. The van der Waals surface area contributed by atoms with E-state index in [1.54, 1.807) is 0 Å². The smallest absolute Gasteiger partial charge is 0.0323 e. The molecule has 0 fully saturated rings. The van der Waals surface area contributed by atoms with Gasteiger partial charge in [-0.3, -0.25) is 4.98 Å². The summed E-state index contributed by atoms with van der Waals surface area (Å²) in [4.78, 5) is 4.18. The lowest BCUT2D eigenvalue weighted by molar-refractivity contribution is 0.477. The Morgan fingerprint density at radius 3 is 2.61 bits per heavy atom. The number of pyridine rings is 1. The summed E-state index contributed by atoms with van der Waals surface area (Å²) in [6.07, 6.45) is 11.9. The molecule has 1 N–H and O–H groups in total. The normalized spacial score (nSPS) is 12.6. The third-order valence-electron chi connectivity index (χ3n) is 3.49. The first kappa shape index (κ1) is 15.2. The van der Waals surface area contributed by atoms with Crippen molar-refractivity contribution in [3.63, 3.8) is 0 Å². The highest BCUT2D eigenvalue weighted by molar-refractivity contribution is 5.25. The van der Waals surface area contributed by atoms with Gasteiger partial charge in [-0.05, 0) is 37.1 Å². The lowest BCUT2D eigenvalue weighted by Crippen LogP contribution is -2.21. The maximum atomic E-state index is 4.18. The van der Waals surface area contributed by atoms with Crippen LogP contribution in [0.1, 0.15) is 69.5 Å². The number of aryl methyl sites for hydroxylation is 1. The Morgan fingerprint density at radius 1 is 1.17 bits per heavy atom. The van der Waals surface area contributed by atoms with Crippen molar-refractivity contribution in [1.82, 2.24) is 10.3 Å². The summed E-state index contributed by atoms with van der Waals surface area (Å²) in [6, 6.07) is 2.66. The fourth-order valence-corrected chi connectivity index (χ4v) is 2.44. The van der Waals surface area contributed by atoms with Gasteiger partial charge in [-0.2, -0.15) is 0 Å². The van der Waals surface area contributed by atoms with Crippen molar-refractivity contribution >= 4 is 0 Å². The van der Waals surface area contributed by atoms with Crippen molar-refractivity contribution in [2.45, 2.75) is 65.3 Å². The van der Waals surface area contributed by atoms with E-state index in [2.05, 4.69) is 37.1 Å². The lowest BCUT2D eigenvalue weighted by atomic mass is 9.97. The van der Waals surface area contributed by atoms with Crippen LogP contribution in [0.2, 0.25) is 0 Å². The second-order valence-electron chi connectivity index (χ2n) is 5.05. The third kappa shape index (κ3) is 5.18. The third-order valence-corrected chi connectivity index (χ3v) is 3.49. The van der Waals surface area contributed by atoms with Crippen LogP contribution in [0.25, 0.3) is 0 Å². The molecule has 0 bridgehead atoms. The Kier molecular flexibility index (Phi) is 7.66. The predicted octanol–water partition coefficient (Wildman–Crippen LogP) is 4.40. The number of rotatable bonds is 9. The van der Waals surface area contributed by atoms with E-state index < -0.39 is 0 Å². The minimum atomic E-state index is 0.500. The highest BCUT2D eigenvalue weighted by atomic mass is 14.9. The molecule has 102 valence electrons. The van der Waals surface area contributed by atoms with Gasteiger partial charge in [0, 0.05) is 18.4 Å². The molecule has 0 saturated carbocycles. The van der Waals surface area contributed by atoms with Gasteiger partial charge in [-0.25, -0.2) is 0 Å². The average molecular weight is 248 g/mol. The van der Waals surface area contributed by atoms with Crippen LogP contribution in [-0.4, -0.2) is 11.5 Å². The molecule has 18 heavy (non-hydrogen) atoms. The standard InChI is InChI=1S/C16H28N2/c1-4-6-7-8-9-10-16(18-5-2)15-11-12-17-13-14(15)3/h11-13,16,18H,4-10H2,1-3H3. The Labute approximate surface area is 112 Å². The Bertz CT molecular complexity index is 323. The molecule has 1 aromatic heterocycles. The minimum absolute atomic E-state index is 0.500. The first-order valence-corrected chi connectivity index (χ1v) is 7.43. The molecule has 0 radical (unpaired) electrons. The van der Waals surface area contributed by atoms with Crippen LogP contribution < -0.4 is 5.32 Å². The molecule has 0 aliphatic rings. The zero-order valence-electron chi connectivity index (χ0n) is 12.2. The van der Waals surface area contributed by atoms with Crippen molar-refractivity contribution in [1.29, 1.82) is 0 Å². The maximum absolute atomic E-state index is 4.18. The Morgan fingerprint density at radius 2 is 1.94 bits per heavy atom. The first-order chi connectivity index (χ1) is 8.79. The zero-order chi connectivity index (χ0) is 13.2. The van der Waals surface area contributed by atoms with E-state index >= 15 is 0 Å². The summed E-state index contributed by atoms with van der Waals surface area (Å²) >= 11 is 0. The van der Waals surface area contributed by atoms with Gasteiger partial charge < -0.3 is 5.32 Å². The van der Waals surface area contributed by atoms with Crippen LogP contribution in [-0.2, 0) is 0 Å². The molecule has 1 atom stereocenters. The van der Waals surface area contributed by atoms with Gasteiger partial charge in [-0.15, -0.1) is 0 Å². The van der Waals surface area contributed by atoms with Crippen molar-refractivity contribution in [3.05, 3.63) is 29.6 Å². The van der Waals surface area contributed by atoms with Crippen molar-refractivity contribution in [2.75, 3.05) is 6.54 Å². The van der Waals surface area contributed by atoms with Crippen LogP contribution >= 0.6 is 0 Å². The molecule has 0 amide bonds. The molecule has 0 spiro atoms. The quantitative estimate of drug-likeness (QED) is 0.655. The second-order valence-corrected chi connectivity index (χ2v) is 5.05. The van der Waals surface area contributed by atoms with Gasteiger partial charge in [0.25, 0.3) is 0 Å². The predicted molar refractivity (Wildman–Crippen MR) is 78.8 cm³/mol. The monoisotopic (exact) mass is 248 g/mol. The molecule has 2 nitrogen and oxygen atoms in total. The number of hydrogen-bond donors (Lipinski definition) is 1. The van der Waals surface area contributed by atoms with Crippen LogP contribution in [0.5, 0.6) is 0 Å². The van der Waals surface area contributed by atoms with E-state index in [0.717, 1.165) is 6.54 Å². The maximum Gasteiger partial charge on any atom is 0.0323 e. The van der Waals surface area contributed by atoms with E-state index in [0.29, 0.717) is 6.04 Å². The lowest BCUT2D eigenvalue weighted by Gasteiger charge is -2.20. The van der Waals surface area contributed by atoms with Gasteiger partial charge in [0.05, 0.1) is 0 Å². The van der Waals surface area contributed by atoms with E-state index in [1.807, 2.05) is 12.4 Å². The summed E-state index contributed by atoms with van der Waals surface area (Å²) in [5, 5.41) is 3.60. The number of nitrogens with zero attached hydrogens (tertiary/aromatic N) is 1. The molecule has 1 heterocycles. The highest BCUT2D eigenvalue weighted by Crippen LogP contribution is 2.22. The molecule has 1 aromatic rings. The van der Waals surface area contributed by atoms with Crippen LogP contribution in [0, 0.1) is 6.92 Å². The summed E-state index contributed by atoms with van der Waals surface area (Å²) < 4.78 is 0. The second kappa shape index (κ2) is 9.09. The zero-order valence-corrected chi connectivity index (χ0v) is 12.2. The summed E-state index contributed by atoms with van der Waals surface area (Å²) in [7, 11) is 0. The molecule has 0 aliphatic carbocycles. The van der Waals surface area contributed by atoms with E-state index in [9.17, 15) is 0 Å². The van der Waals surface area contributed by atoms with Crippen molar-refractivity contribution in [2.24, 2.45) is 0 Å². The largest absolute Gasteiger partial charge is 0.310 e. The molecule has 0 aliphatic heterocycles. The van der Waals surface area contributed by atoms with Gasteiger partial charge in [-0.1, -0.05) is 46.0 Å². The number of aromatic nitrogens is 1. The van der Waals surface area contributed by atoms with Crippen LogP contribution in [0.3, 0.4) is 0 Å². The highest BCUT2D eigenvalue weighted by Gasteiger charge is 2.11. The van der Waals surface area contributed by atoms with Crippen LogP contribution in [0.4, 0.5) is 0 Å².